The van der Waals surface area contributed by atoms with Crippen LogP contribution in [0.1, 0.15) is 41.0 Å². The van der Waals surface area contributed by atoms with Crippen molar-refractivity contribution in [3.63, 3.8) is 0 Å². The molecule has 0 aromatic heterocycles. The van der Waals surface area contributed by atoms with E-state index in [9.17, 15) is 0 Å². The van der Waals surface area contributed by atoms with Crippen LogP contribution in [-0.4, -0.2) is 47.5 Å². The first-order chi connectivity index (χ1) is 9.49. The molecule has 7 heteroatoms. The Morgan fingerprint density at radius 2 is 1.50 bits per heavy atom. The van der Waals surface area contributed by atoms with Gasteiger partial charge in [0.25, 0.3) is 0 Å². The minimum atomic E-state index is -2.48. The molecule has 20 heavy (non-hydrogen) atoms. The molecule has 122 valence electrons. The van der Waals surface area contributed by atoms with Crippen molar-refractivity contribution in [2.24, 2.45) is 5.73 Å². The molecular weight excluding hydrogens is 274 g/mol. The van der Waals surface area contributed by atoms with Gasteiger partial charge in [-0.05, 0) is 47.6 Å². The number of rotatable bonds is 13. The minimum absolute atomic E-state index is 0.0127. The van der Waals surface area contributed by atoms with E-state index in [1.165, 1.54) is 0 Å². The van der Waals surface area contributed by atoms with Gasteiger partial charge in [0.15, 0.2) is 0 Å². The number of hydrogen-bond acceptors (Lipinski definition) is 6. The maximum Gasteiger partial charge on any atom is 0.500 e. The van der Waals surface area contributed by atoms with Crippen LogP contribution in [0.15, 0.2) is 0 Å². The molecule has 0 aliphatic carbocycles. The largest absolute Gasteiger partial charge is 0.500 e. The Labute approximate surface area is 125 Å². The summed E-state index contributed by atoms with van der Waals surface area (Å²) in [5.74, 6) is 0. The minimum Gasteiger partial charge on any atom is -0.374 e. The lowest BCUT2D eigenvalue weighted by Crippen LogP contribution is -2.49. The Bertz CT molecular complexity index is 216. The maximum atomic E-state index is 5.81. The van der Waals surface area contributed by atoms with Crippen LogP contribution in [-0.2, 0) is 13.3 Å². The second-order valence-electron chi connectivity index (χ2n) is 4.72. The van der Waals surface area contributed by atoms with E-state index in [2.05, 4.69) is 17.6 Å². The first-order valence-electron chi connectivity index (χ1n) is 7.66. The van der Waals surface area contributed by atoms with Crippen molar-refractivity contribution in [2.45, 2.75) is 59.4 Å². The predicted octanol–water partition coefficient (Wildman–Crippen LogP) is 1.25. The molecule has 0 saturated carbocycles. The molecule has 0 heterocycles. The summed E-state index contributed by atoms with van der Waals surface area (Å²) >= 11 is 0. The zero-order valence-corrected chi connectivity index (χ0v) is 14.7. The average Bonchev–Trinajstić information content (AvgIpc) is 2.35. The number of nitrogens with one attached hydrogen (secondary N) is 2. The highest BCUT2D eigenvalue weighted by Gasteiger charge is 2.39. The van der Waals surface area contributed by atoms with Crippen LogP contribution in [0.4, 0.5) is 0 Å². The van der Waals surface area contributed by atoms with E-state index in [0.29, 0.717) is 19.8 Å². The average molecular weight is 308 g/mol. The van der Waals surface area contributed by atoms with Gasteiger partial charge in [0.1, 0.15) is 0 Å². The van der Waals surface area contributed by atoms with Crippen LogP contribution in [0.3, 0.4) is 0 Å². The van der Waals surface area contributed by atoms with Crippen molar-refractivity contribution >= 4 is 8.80 Å². The van der Waals surface area contributed by atoms with E-state index in [0.717, 1.165) is 19.0 Å². The molecule has 4 N–H and O–H groups in total. The standard InChI is InChI=1S/C13H33N3O3Si/c1-6-17-20(18-7-2,19-8-3)11-9-10-15-13(5)16-12(4)14/h12-13,15-16H,6-11,14H2,1-5H3. The normalized spacial score (nSPS) is 15.3. The van der Waals surface area contributed by atoms with Gasteiger partial charge in [-0.1, -0.05) is 0 Å². The molecule has 0 aromatic carbocycles. The first kappa shape index (κ1) is 20.0. The molecule has 6 nitrogen and oxygen atoms in total. The highest BCUT2D eigenvalue weighted by atomic mass is 28.4. The molecule has 2 unspecified atom stereocenters. The molecule has 0 bridgehead atoms. The second kappa shape index (κ2) is 11.6. The van der Waals surface area contributed by atoms with E-state index in [-0.39, 0.29) is 12.3 Å². The van der Waals surface area contributed by atoms with Crippen LogP contribution in [0, 0.1) is 0 Å². The van der Waals surface area contributed by atoms with Crippen LogP contribution in [0.25, 0.3) is 0 Å². The van der Waals surface area contributed by atoms with E-state index in [1.807, 2.05) is 27.7 Å². The first-order valence-corrected chi connectivity index (χ1v) is 9.59. The van der Waals surface area contributed by atoms with Gasteiger partial charge in [0, 0.05) is 25.9 Å². The Morgan fingerprint density at radius 1 is 1.00 bits per heavy atom. The summed E-state index contributed by atoms with van der Waals surface area (Å²) in [6.45, 7) is 12.7. The molecule has 0 radical (unpaired) electrons. The summed E-state index contributed by atoms with van der Waals surface area (Å²) in [6, 6.07) is 0.834. The van der Waals surface area contributed by atoms with Crippen molar-refractivity contribution in [3.05, 3.63) is 0 Å². The fourth-order valence-corrected chi connectivity index (χ4v) is 4.69. The molecule has 0 aromatic rings. The van der Waals surface area contributed by atoms with E-state index < -0.39 is 8.80 Å². The summed E-state index contributed by atoms with van der Waals surface area (Å²) in [5.41, 5.74) is 5.68. The lowest BCUT2D eigenvalue weighted by Gasteiger charge is -2.28. The van der Waals surface area contributed by atoms with E-state index >= 15 is 0 Å². The smallest absolute Gasteiger partial charge is 0.374 e. The molecule has 0 aliphatic heterocycles. The molecule has 0 spiro atoms. The molecule has 0 aliphatic rings. The third-order valence-corrected chi connectivity index (χ3v) is 5.87. The van der Waals surface area contributed by atoms with Gasteiger partial charge in [-0.3, -0.25) is 5.32 Å². The predicted molar refractivity (Wildman–Crippen MR) is 84.3 cm³/mol. The van der Waals surface area contributed by atoms with Gasteiger partial charge in [0.05, 0.1) is 12.3 Å². The number of hydrogen-bond donors (Lipinski definition) is 3. The van der Waals surface area contributed by atoms with Gasteiger partial charge >= 0.3 is 8.80 Å². The van der Waals surface area contributed by atoms with Crippen LogP contribution >= 0.6 is 0 Å². The third-order valence-electron chi connectivity index (χ3n) is 2.72. The molecule has 0 amide bonds. The van der Waals surface area contributed by atoms with Crippen molar-refractivity contribution in [1.29, 1.82) is 0 Å². The zero-order valence-electron chi connectivity index (χ0n) is 13.7. The Morgan fingerprint density at radius 3 is 1.90 bits per heavy atom. The van der Waals surface area contributed by atoms with E-state index in [1.54, 1.807) is 0 Å². The molecule has 0 fully saturated rings. The maximum absolute atomic E-state index is 5.81. The Hall–Kier alpha value is -0.0231. The lowest BCUT2D eigenvalue weighted by molar-refractivity contribution is 0.0707. The van der Waals surface area contributed by atoms with Gasteiger partial charge in [-0.2, -0.15) is 0 Å². The van der Waals surface area contributed by atoms with Gasteiger partial charge in [-0.25, -0.2) is 0 Å². The van der Waals surface area contributed by atoms with Gasteiger partial charge in [-0.15, -0.1) is 0 Å². The Kier molecular flexibility index (Phi) is 11.6. The molecule has 2 atom stereocenters. The Balaban J connectivity index is 4.11. The molecular formula is C13H33N3O3Si. The monoisotopic (exact) mass is 307 g/mol. The summed E-state index contributed by atoms with van der Waals surface area (Å²) in [6.07, 6.45) is 1.13. The van der Waals surface area contributed by atoms with E-state index in [4.69, 9.17) is 19.0 Å². The second-order valence-corrected chi connectivity index (χ2v) is 7.45. The van der Waals surface area contributed by atoms with Gasteiger partial charge < -0.3 is 24.3 Å². The van der Waals surface area contributed by atoms with Crippen molar-refractivity contribution < 1.29 is 13.3 Å². The summed E-state index contributed by atoms with van der Waals surface area (Å²) in [4.78, 5) is 0. The van der Waals surface area contributed by atoms with Crippen molar-refractivity contribution in [2.75, 3.05) is 26.4 Å². The third kappa shape index (κ3) is 9.01. The lowest BCUT2D eigenvalue weighted by atomic mass is 10.4. The highest BCUT2D eigenvalue weighted by Crippen LogP contribution is 2.17. The van der Waals surface area contributed by atoms with Crippen LogP contribution in [0.2, 0.25) is 6.04 Å². The zero-order chi connectivity index (χ0) is 15.4. The SMILES string of the molecule is CCO[Si](CCCNC(C)NC(C)N)(OCC)OCC. The fourth-order valence-electron chi connectivity index (χ4n) is 2.08. The summed E-state index contributed by atoms with van der Waals surface area (Å²) in [5, 5.41) is 6.58. The fraction of sp³-hybridized carbons (Fsp3) is 1.00. The highest BCUT2D eigenvalue weighted by molar-refractivity contribution is 6.60. The summed E-state index contributed by atoms with van der Waals surface area (Å²) < 4.78 is 17.4. The molecule has 0 saturated heterocycles. The number of nitrogens with two attached hydrogens (primary N) is 1. The van der Waals surface area contributed by atoms with Gasteiger partial charge in [0.2, 0.25) is 0 Å². The summed E-state index contributed by atoms with van der Waals surface area (Å²) in [7, 11) is -2.48. The van der Waals surface area contributed by atoms with Crippen LogP contribution < -0.4 is 16.4 Å². The van der Waals surface area contributed by atoms with Crippen molar-refractivity contribution in [3.8, 4) is 0 Å². The topological polar surface area (TPSA) is 77.8 Å². The quantitative estimate of drug-likeness (QED) is 0.270. The van der Waals surface area contributed by atoms with Crippen molar-refractivity contribution in [1.82, 2.24) is 10.6 Å². The molecule has 0 rings (SSSR count). The van der Waals surface area contributed by atoms with Crippen LogP contribution in [0.5, 0.6) is 0 Å².